The number of aliphatic carboxylic acids is 1. The summed E-state index contributed by atoms with van der Waals surface area (Å²) >= 11 is 0. The predicted octanol–water partition coefficient (Wildman–Crippen LogP) is 2.25. The van der Waals surface area contributed by atoms with Gasteiger partial charge in [-0.05, 0) is 38.0 Å². The van der Waals surface area contributed by atoms with E-state index in [4.69, 9.17) is 9.84 Å². The topological polar surface area (TPSA) is 87.7 Å². The average molecular weight is 294 g/mol. The quantitative estimate of drug-likeness (QED) is 0.642. The van der Waals surface area contributed by atoms with Crippen molar-refractivity contribution in [2.75, 3.05) is 18.5 Å². The third kappa shape index (κ3) is 7.94. The van der Waals surface area contributed by atoms with Crippen LogP contribution in [0.5, 0.6) is 0 Å². The first-order valence-corrected chi connectivity index (χ1v) is 6.94. The average Bonchev–Trinajstić information content (AvgIpc) is 2.42. The molecule has 6 nitrogen and oxygen atoms in total. The van der Waals surface area contributed by atoms with Crippen molar-refractivity contribution in [3.63, 3.8) is 0 Å². The van der Waals surface area contributed by atoms with Crippen LogP contribution < -0.4 is 10.6 Å². The molecule has 0 radical (unpaired) electrons. The van der Waals surface area contributed by atoms with Crippen molar-refractivity contribution < 1.29 is 19.4 Å². The highest BCUT2D eigenvalue weighted by Crippen LogP contribution is 2.10. The summed E-state index contributed by atoms with van der Waals surface area (Å²) < 4.78 is 5.31. The number of hydrogen-bond donors (Lipinski definition) is 3. The van der Waals surface area contributed by atoms with Gasteiger partial charge in [-0.25, -0.2) is 4.79 Å². The molecule has 0 unspecified atom stereocenters. The lowest BCUT2D eigenvalue weighted by atomic mass is 10.1. The van der Waals surface area contributed by atoms with Crippen molar-refractivity contribution in [3.8, 4) is 0 Å². The van der Waals surface area contributed by atoms with E-state index < -0.39 is 5.97 Å². The maximum atomic E-state index is 11.6. The minimum absolute atomic E-state index is 0.100. The number of benzene rings is 1. The third-order valence-corrected chi connectivity index (χ3v) is 2.68. The highest BCUT2D eigenvalue weighted by Gasteiger charge is 2.03. The van der Waals surface area contributed by atoms with Crippen LogP contribution in [-0.2, 0) is 16.0 Å². The molecule has 0 heterocycles. The second-order valence-corrected chi connectivity index (χ2v) is 4.89. The molecule has 2 amide bonds. The molecule has 0 spiro atoms. The zero-order valence-electron chi connectivity index (χ0n) is 12.4. The number of carbonyl (C=O) groups is 2. The van der Waals surface area contributed by atoms with E-state index in [-0.39, 0.29) is 18.6 Å². The molecule has 6 heteroatoms. The Labute approximate surface area is 124 Å². The fraction of sp³-hybridized carbons (Fsp3) is 0.467. The van der Waals surface area contributed by atoms with Gasteiger partial charge in [-0.3, -0.25) is 4.79 Å². The molecule has 1 aromatic rings. The predicted molar refractivity (Wildman–Crippen MR) is 80.5 cm³/mol. The number of carbonyl (C=O) groups excluding carboxylic acids is 1. The lowest BCUT2D eigenvalue weighted by Gasteiger charge is -2.10. The third-order valence-electron chi connectivity index (χ3n) is 2.68. The van der Waals surface area contributed by atoms with Crippen molar-refractivity contribution >= 4 is 17.7 Å². The van der Waals surface area contributed by atoms with E-state index in [0.29, 0.717) is 25.3 Å². The molecule has 0 saturated heterocycles. The summed E-state index contributed by atoms with van der Waals surface area (Å²) in [6.07, 6.45) is 0.727. The number of anilines is 1. The molecule has 0 bridgehead atoms. The fourth-order valence-corrected chi connectivity index (χ4v) is 1.64. The van der Waals surface area contributed by atoms with Gasteiger partial charge in [0.1, 0.15) is 0 Å². The van der Waals surface area contributed by atoms with Gasteiger partial charge in [0.05, 0.1) is 12.7 Å². The molecular weight excluding hydrogens is 272 g/mol. The molecule has 0 aliphatic rings. The summed E-state index contributed by atoms with van der Waals surface area (Å²) in [6.45, 7) is 4.79. The molecule has 3 N–H and O–H groups in total. The van der Waals surface area contributed by atoms with Gasteiger partial charge < -0.3 is 20.5 Å². The Hall–Kier alpha value is -2.08. The van der Waals surface area contributed by atoms with Gasteiger partial charge in [0, 0.05) is 18.7 Å². The Balaban J connectivity index is 2.30. The first kappa shape index (κ1) is 17.0. The summed E-state index contributed by atoms with van der Waals surface area (Å²) in [5, 5.41) is 14.0. The Morgan fingerprint density at radius 2 is 1.90 bits per heavy atom. The number of carboxylic acid groups (broad SMARTS) is 1. The van der Waals surface area contributed by atoms with E-state index >= 15 is 0 Å². The van der Waals surface area contributed by atoms with Gasteiger partial charge in [0.2, 0.25) is 0 Å². The monoisotopic (exact) mass is 294 g/mol. The molecule has 0 aliphatic carbocycles. The maximum absolute atomic E-state index is 11.6. The van der Waals surface area contributed by atoms with Crippen LogP contribution in [0.1, 0.15) is 25.8 Å². The lowest BCUT2D eigenvalue weighted by molar-refractivity contribution is -0.136. The number of rotatable bonds is 8. The lowest BCUT2D eigenvalue weighted by Crippen LogP contribution is -2.32. The number of aryl methyl sites for hydroxylation is 1. The van der Waals surface area contributed by atoms with Crippen LogP contribution in [-0.4, -0.2) is 36.4 Å². The molecule has 1 aromatic carbocycles. The molecule has 0 saturated carbocycles. The normalized spacial score (nSPS) is 10.4. The highest BCUT2D eigenvalue weighted by atomic mass is 16.5. The zero-order valence-corrected chi connectivity index (χ0v) is 12.4. The van der Waals surface area contributed by atoms with E-state index in [9.17, 15) is 9.59 Å². The van der Waals surface area contributed by atoms with Crippen LogP contribution in [0.4, 0.5) is 10.5 Å². The number of ether oxygens (including phenoxy) is 1. The van der Waals surface area contributed by atoms with Crippen LogP contribution in [0.25, 0.3) is 0 Å². The first-order chi connectivity index (χ1) is 9.97. The van der Waals surface area contributed by atoms with Crippen molar-refractivity contribution in [1.29, 1.82) is 0 Å². The van der Waals surface area contributed by atoms with Gasteiger partial charge in [-0.1, -0.05) is 12.1 Å². The highest BCUT2D eigenvalue weighted by molar-refractivity contribution is 5.89. The minimum Gasteiger partial charge on any atom is -0.481 e. The van der Waals surface area contributed by atoms with Crippen molar-refractivity contribution in [2.24, 2.45) is 0 Å². The summed E-state index contributed by atoms with van der Waals surface area (Å²) in [7, 11) is 0. The van der Waals surface area contributed by atoms with Gasteiger partial charge in [-0.15, -0.1) is 0 Å². The summed E-state index contributed by atoms with van der Waals surface area (Å²) in [6, 6.07) is 6.82. The number of amides is 2. The number of hydrogen-bond acceptors (Lipinski definition) is 3. The second-order valence-electron chi connectivity index (χ2n) is 4.89. The zero-order chi connectivity index (χ0) is 15.7. The Kier molecular flexibility index (Phi) is 7.25. The van der Waals surface area contributed by atoms with E-state index in [1.54, 1.807) is 24.3 Å². The molecule has 0 atom stereocenters. The first-order valence-electron chi connectivity index (χ1n) is 6.94. The molecule has 0 fully saturated rings. The van der Waals surface area contributed by atoms with Gasteiger partial charge in [0.25, 0.3) is 0 Å². The second kappa shape index (κ2) is 8.97. The van der Waals surface area contributed by atoms with E-state index in [1.807, 2.05) is 13.8 Å². The van der Waals surface area contributed by atoms with E-state index in [1.165, 1.54) is 0 Å². The molecular formula is C15H22N2O4. The van der Waals surface area contributed by atoms with Crippen molar-refractivity contribution in [2.45, 2.75) is 32.8 Å². The summed E-state index contributed by atoms with van der Waals surface area (Å²) in [4.78, 5) is 22.1. The number of nitrogens with one attached hydrogen (secondary N) is 2. The van der Waals surface area contributed by atoms with Crippen LogP contribution in [0.2, 0.25) is 0 Å². The van der Waals surface area contributed by atoms with E-state index in [0.717, 1.165) is 5.56 Å². The van der Waals surface area contributed by atoms with Gasteiger partial charge in [0.15, 0.2) is 0 Å². The van der Waals surface area contributed by atoms with Crippen LogP contribution in [0.15, 0.2) is 24.3 Å². The largest absolute Gasteiger partial charge is 0.481 e. The van der Waals surface area contributed by atoms with Gasteiger partial charge >= 0.3 is 12.0 Å². The smallest absolute Gasteiger partial charge is 0.319 e. The SMILES string of the molecule is CC(C)OCCNC(=O)Nc1ccc(CCC(=O)O)cc1. The molecule has 116 valence electrons. The summed E-state index contributed by atoms with van der Waals surface area (Å²) in [5.41, 5.74) is 1.59. The summed E-state index contributed by atoms with van der Waals surface area (Å²) in [5.74, 6) is -0.819. The van der Waals surface area contributed by atoms with Crippen molar-refractivity contribution in [1.82, 2.24) is 5.32 Å². The number of carboxylic acids is 1. The molecule has 0 aliphatic heterocycles. The molecule has 1 rings (SSSR count). The fourth-order valence-electron chi connectivity index (χ4n) is 1.64. The van der Waals surface area contributed by atoms with Crippen LogP contribution in [0.3, 0.4) is 0 Å². The molecule has 0 aromatic heterocycles. The minimum atomic E-state index is -0.819. The Morgan fingerprint density at radius 3 is 2.48 bits per heavy atom. The van der Waals surface area contributed by atoms with Crippen LogP contribution >= 0.6 is 0 Å². The Bertz CT molecular complexity index is 457. The standard InChI is InChI=1S/C15H22N2O4/c1-11(2)21-10-9-16-15(20)17-13-6-3-12(4-7-13)5-8-14(18)19/h3-4,6-7,11H,5,8-10H2,1-2H3,(H,18,19)(H2,16,17,20). The number of urea groups is 1. The molecule has 21 heavy (non-hydrogen) atoms. The van der Waals surface area contributed by atoms with E-state index in [2.05, 4.69) is 10.6 Å². The Morgan fingerprint density at radius 1 is 1.24 bits per heavy atom. The van der Waals surface area contributed by atoms with Gasteiger partial charge in [-0.2, -0.15) is 0 Å². The maximum Gasteiger partial charge on any atom is 0.319 e. The van der Waals surface area contributed by atoms with Crippen LogP contribution in [0, 0.1) is 0 Å². The van der Waals surface area contributed by atoms with Crippen molar-refractivity contribution in [3.05, 3.63) is 29.8 Å².